The number of methoxy groups -OCH3 is 1. The van der Waals surface area contributed by atoms with Crippen molar-refractivity contribution >= 4 is 18.0 Å². The van der Waals surface area contributed by atoms with Gasteiger partial charge in [0.25, 0.3) is 5.91 Å². The van der Waals surface area contributed by atoms with Crippen molar-refractivity contribution in [2.24, 2.45) is 0 Å². The smallest absolute Gasteiger partial charge is 0.337 e. The molecule has 1 aliphatic rings. The second-order valence-corrected chi connectivity index (χ2v) is 4.83. The molecule has 0 spiro atoms. The van der Waals surface area contributed by atoms with Crippen LogP contribution in [0, 0.1) is 0 Å². The third kappa shape index (κ3) is 4.98. The van der Waals surface area contributed by atoms with Crippen molar-refractivity contribution in [1.82, 2.24) is 5.48 Å². The average molecular weight is 305 g/mol. The van der Waals surface area contributed by atoms with Crippen molar-refractivity contribution in [3.63, 3.8) is 0 Å². The zero-order valence-corrected chi connectivity index (χ0v) is 12.4. The van der Waals surface area contributed by atoms with Gasteiger partial charge in [-0.15, -0.1) is 0 Å². The van der Waals surface area contributed by atoms with E-state index in [1.807, 2.05) is 0 Å². The number of hydroxylamine groups is 1. The van der Waals surface area contributed by atoms with E-state index in [2.05, 4.69) is 10.2 Å². The summed E-state index contributed by atoms with van der Waals surface area (Å²) in [6, 6.07) is 6.72. The molecule has 1 N–H and O–H groups in total. The van der Waals surface area contributed by atoms with Gasteiger partial charge in [0.15, 0.2) is 6.29 Å². The maximum absolute atomic E-state index is 11.6. The molecule has 1 heterocycles. The summed E-state index contributed by atoms with van der Waals surface area (Å²) in [7, 11) is 1.33. The number of hydrogen-bond acceptors (Lipinski definition) is 5. The van der Waals surface area contributed by atoms with Crippen molar-refractivity contribution < 1.29 is 23.9 Å². The maximum atomic E-state index is 11.6. The molecule has 1 unspecified atom stereocenters. The van der Waals surface area contributed by atoms with E-state index >= 15 is 0 Å². The van der Waals surface area contributed by atoms with Crippen molar-refractivity contribution in [3.05, 3.63) is 41.5 Å². The molecule has 1 amide bonds. The summed E-state index contributed by atoms with van der Waals surface area (Å²) in [5, 5.41) is 0. The number of benzene rings is 1. The minimum absolute atomic E-state index is 0.369. The van der Waals surface area contributed by atoms with Gasteiger partial charge in [-0.05, 0) is 36.6 Å². The lowest BCUT2D eigenvalue weighted by molar-refractivity contribution is -0.198. The minimum atomic E-state index is -0.394. The lowest BCUT2D eigenvalue weighted by Crippen LogP contribution is -2.32. The molecule has 0 saturated carbocycles. The first-order valence-electron chi connectivity index (χ1n) is 7.13. The van der Waals surface area contributed by atoms with Crippen LogP contribution < -0.4 is 5.48 Å². The third-order valence-electron chi connectivity index (χ3n) is 3.19. The summed E-state index contributed by atoms with van der Waals surface area (Å²) in [5.41, 5.74) is 3.59. The Morgan fingerprint density at radius 2 is 2.05 bits per heavy atom. The van der Waals surface area contributed by atoms with Gasteiger partial charge >= 0.3 is 5.97 Å². The zero-order valence-electron chi connectivity index (χ0n) is 12.4. The molecule has 2 rings (SSSR count). The van der Waals surface area contributed by atoms with E-state index in [1.165, 1.54) is 13.2 Å². The second-order valence-electron chi connectivity index (χ2n) is 4.83. The van der Waals surface area contributed by atoms with Crippen LogP contribution in [0.1, 0.15) is 35.2 Å². The quantitative estimate of drug-likeness (QED) is 0.512. The fraction of sp³-hybridized carbons (Fsp3) is 0.375. The maximum Gasteiger partial charge on any atom is 0.337 e. The number of carbonyl (C=O) groups is 2. The van der Waals surface area contributed by atoms with Gasteiger partial charge in [0.1, 0.15) is 0 Å². The highest BCUT2D eigenvalue weighted by atomic mass is 16.8. The molecule has 1 aliphatic heterocycles. The summed E-state index contributed by atoms with van der Waals surface area (Å²) in [5.74, 6) is -0.764. The molecule has 0 aromatic heterocycles. The van der Waals surface area contributed by atoms with Gasteiger partial charge < -0.3 is 9.47 Å². The van der Waals surface area contributed by atoms with Crippen LogP contribution in [0.2, 0.25) is 0 Å². The lowest BCUT2D eigenvalue weighted by Gasteiger charge is -2.21. The third-order valence-corrected chi connectivity index (χ3v) is 3.19. The number of ether oxygens (including phenoxy) is 2. The van der Waals surface area contributed by atoms with Crippen molar-refractivity contribution in [2.45, 2.75) is 25.6 Å². The van der Waals surface area contributed by atoms with Crippen molar-refractivity contribution in [2.75, 3.05) is 13.7 Å². The normalized spacial score (nSPS) is 18.1. The molecule has 0 aliphatic carbocycles. The summed E-state index contributed by atoms with van der Waals surface area (Å²) in [6.45, 7) is 0.656. The zero-order chi connectivity index (χ0) is 15.8. The molecular formula is C16H19NO5. The minimum Gasteiger partial charge on any atom is -0.465 e. The van der Waals surface area contributed by atoms with Crippen LogP contribution >= 0.6 is 0 Å². The number of nitrogens with one attached hydrogen (secondary N) is 1. The van der Waals surface area contributed by atoms with Gasteiger partial charge in [0.05, 0.1) is 12.7 Å². The second kappa shape index (κ2) is 8.31. The molecule has 1 atom stereocenters. The Morgan fingerprint density at radius 1 is 1.27 bits per heavy atom. The van der Waals surface area contributed by atoms with E-state index in [9.17, 15) is 9.59 Å². The van der Waals surface area contributed by atoms with E-state index in [-0.39, 0.29) is 12.2 Å². The fourth-order valence-electron chi connectivity index (χ4n) is 1.98. The number of amides is 1. The number of hydrogen-bond donors (Lipinski definition) is 1. The Balaban J connectivity index is 1.80. The lowest BCUT2D eigenvalue weighted by atomic mass is 10.1. The van der Waals surface area contributed by atoms with Gasteiger partial charge in [0, 0.05) is 19.1 Å². The molecule has 22 heavy (non-hydrogen) atoms. The molecule has 1 aromatic carbocycles. The Labute approximate surface area is 129 Å². The monoisotopic (exact) mass is 305 g/mol. The number of carbonyl (C=O) groups excluding carboxylic acids is 2. The molecule has 118 valence electrons. The number of rotatable bonds is 5. The first-order chi connectivity index (χ1) is 10.7. The number of esters is 1. The predicted octanol–water partition coefficient (Wildman–Crippen LogP) is 2.06. The fourth-order valence-corrected chi connectivity index (χ4v) is 1.98. The van der Waals surface area contributed by atoms with Crippen LogP contribution in [-0.2, 0) is 19.1 Å². The van der Waals surface area contributed by atoms with E-state index in [4.69, 9.17) is 9.57 Å². The van der Waals surface area contributed by atoms with E-state index in [1.54, 1.807) is 30.3 Å². The Kier molecular flexibility index (Phi) is 6.12. The molecule has 6 heteroatoms. The van der Waals surface area contributed by atoms with Gasteiger partial charge in [0.2, 0.25) is 0 Å². The molecule has 1 saturated heterocycles. The topological polar surface area (TPSA) is 73.9 Å². The molecule has 1 aromatic rings. The van der Waals surface area contributed by atoms with Crippen LogP contribution in [0.15, 0.2) is 30.3 Å². The Hall–Kier alpha value is -2.18. The first kappa shape index (κ1) is 16.2. The molecule has 1 fully saturated rings. The first-order valence-corrected chi connectivity index (χ1v) is 7.13. The van der Waals surface area contributed by atoms with Crippen LogP contribution in [-0.4, -0.2) is 31.9 Å². The summed E-state index contributed by atoms with van der Waals surface area (Å²) in [4.78, 5) is 28.1. The Morgan fingerprint density at radius 3 is 2.68 bits per heavy atom. The summed E-state index contributed by atoms with van der Waals surface area (Å²) >= 11 is 0. The Bertz CT molecular complexity index is 532. The molecular weight excluding hydrogens is 286 g/mol. The SMILES string of the molecule is COC(=O)c1ccc(C=CC(=O)NOC2CCCCO2)cc1. The van der Waals surface area contributed by atoms with Crippen LogP contribution in [0.4, 0.5) is 0 Å². The van der Waals surface area contributed by atoms with Crippen LogP contribution in [0.5, 0.6) is 0 Å². The summed E-state index contributed by atoms with van der Waals surface area (Å²) < 4.78 is 9.95. The highest BCUT2D eigenvalue weighted by Crippen LogP contribution is 2.12. The van der Waals surface area contributed by atoms with Gasteiger partial charge in [-0.2, -0.15) is 0 Å². The standard InChI is InChI=1S/C16H19NO5/c1-20-16(19)13-8-5-12(6-9-13)7-10-14(18)17-22-15-4-2-3-11-21-15/h5-10,15H,2-4,11H2,1H3,(H,17,18). The predicted molar refractivity (Wildman–Crippen MR) is 79.6 cm³/mol. The van der Waals surface area contributed by atoms with Crippen molar-refractivity contribution in [3.8, 4) is 0 Å². The van der Waals surface area contributed by atoms with Gasteiger partial charge in [-0.3, -0.25) is 4.79 Å². The molecule has 6 nitrogen and oxygen atoms in total. The molecule has 0 bridgehead atoms. The van der Waals surface area contributed by atoms with E-state index in [0.717, 1.165) is 24.8 Å². The largest absolute Gasteiger partial charge is 0.465 e. The van der Waals surface area contributed by atoms with Gasteiger partial charge in [-0.25, -0.2) is 15.1 Å². The van der Waals surface area contributed by atoms with E-state index < -0.39 is 5.97 Å². The van der Waals surface area contributed by atoms with Crippen molar-refractivity contribution in [1.29, 1.82) is 0 Å². The van der Waals surface area contributed by atoms with Crippen LogP contribution in [0.25, 0.3) is 6.08 Å². The summed E-state index contributed by atoms with van der Waals surface area (Å²) in [6.07, 6.45) is 5.44. The highest BCUT2D eigenvalue weighted by molar-refractivity contribution is 5.92. The van der Waals surface area contributed by atoms with Crippen LogP contribution in [0.3, 0.4) is 0 Å². The average Bonchev–Trinajstić information content (AvgIpc) is 2.58. The molecule has 0 radical (unpaired) electrons. The van der Waals surface area contributed by atoms with E-state index in [0.29, 0.717) is 12.2 Å². The van der Waals surface area contributed by atoms with Gasteiger partial charge in [-0.1, -0.05) is 12.1 Å². The highest BCUT2D eigenvalue weighted by Gasteiger charge is 2.14.